The minimum Gasteiger partial charge on any atom is -0.493 e. The molecule has 1 amide bonds. The lowest BCUT2D eigenvalue weighted by atomic mass is 10.1. The first-order chi connectivity index (χ1) is 16.0. The molecule has 0 radical (unpaired) electrons. The second-order valence-electron chi connectivity index (χ2n) is 7.65. The summed E-state index contributed by atoms with van der Waals surface area (Å²) in [7, 11) is 0. The number of halogens is 1. The second-order valence-corrected chi connectivity index (χ2v) is 9.03. The van der Waals surface area contributed by atoms with E-state index in [2.05, 4.69) is 22.1 Å². The van der Waals surface area contributed by atoms with Gasteiger partial charge in [0.05, 0.1) is 18.4 Å². The van der Waals surface area contributed by atoms with Crippen molar-refractivity contribution in [2.45, 2.75) is 44.4 Å². The number of nitrogens with one attached hydrogen (secondary N) is 1. The molecule has 174 valence electrons. The second kappa shape index (κ2) is 12.5. The highest BCUT2D eigenvalue weighted by Gasteiger charge is 2.15. The molecule has 3 aromatic rings. The highest BCUT2D eigenvalue weighted by atomic mass is 35.5. The Morgan fingerprint density at radius 2 is 2.06 bits per heavy atom. The number of hydrogen-bond donors (Lipinski definition) is 1. The van der Waals surface area contributed by atoms with Gasteiger partial charge in [-0.1, -0.05) is 59.8 Å². The van der Waals surface area contributed by atoms with Gasteiger partial charge in [0.25, 0.3) is 0 Å². The van der Waals surface area contributed by atoms with Gasteiger partial charge in [-0.25, -0.2) is 0 Å². The third-order valence-corrected chi connectivity index (χ3v) is 6.26. The number of nitrogens with zero attached hydrogens (tertiary/aromatic N) is 3. The zero-order valence-corrected chi connectivity index (χ0v) is 20.5. The molecule has 33 heavy (non-hydrogen) atoms. The van der Waals surface area contributed by atoms with Crippen molar-refractivity contribution in [1.29, 1.82) is 0 Å². The summed E-state index contributed by atoms with van der Waals surface area (Å²) in [4.78, 5) is 12.4. The van der Waals surface area contributed by atoms with Gasteiger partial charge in [0.1, 0.15) is 11.6 Å². The fraction of sp³-hybridized carbons (Fsp3) is 0.320. The Hall–Kier alpha value is -2.77. The minimum absolute atomic E-state index is 0.0437. The molecule has 1 heterocycles. The molecule has 0 aliphatic rings. The summed E-state index contributed by atoms with van der Waals surface area (Å²) >= 11 is 7.38. The lowest BCUT2D eigenvalue weighted by Crippen LogP contribution is -2.28. The van der Waals surface area contributed by atoms with E-state index in [9.17, 15) is 4.79 Å². The molecular weight excluding hydrogens is 456 g/mol. The molecule has 2 aromatic carbocycles. The van der Waals surface area contributed by atoms with E-state index < -0.39 is 0 Å². The Bertz CT molecular complexity index is 1070. The summed E-state index contributed by atoms with van der Waals surface area (Å²) in [6.45, 7) is 8.94. The Balaban J connectivity index is 1.50. The third-order valence-electron chi connectivity index (χ3n) is 5.05. The van der Waals surface area contributed by atoms with Gasteiger partial charge in [-0.05, 0) is 49.6 Å². The summed E-state index contributed by atoms with van der Waals surface area (Å²) in [6.07, 6.45) is 3.31. The van der Waals surface area contributed by atoms with Gasteiger partial charge in [0.15, 0.2) is 5.16 Å². The van der Waals surface area contributed by atoms with Crippen LogP contribution in [0.5, 0.6) is 5.75 Å². The van der Waals surface area contributed by atoms with Crippen LogP contribution in [0.2, 0.25) is 5.02 Å². The minimum atomic E-state index is -0.0508. The van der Waals surface area contributed by atoms with Crippen LogP contribution in [0, 0.1) is 6.92 Å². The largest absolute Gasteiger partial charge is 0.493 e. The van der Waals surface area contributed by atoms with Gasteiger partial charge in [-0.2, -0.15) is 0 Å². The quantitative estimate of drug-likeness (QED) is 0.211. The SMILES string of the molecule is C=CCn1c(CCCOc2ccc(Cl)cc2C)nnc1SCC(=O)NC(C)c1ccccc1. The molecule has 0 saturated heterocycles. The first-order valence-electron chi connectivity index (χ1n) is 10.9. The van der Waals surface area contributed by atoms with E-state index in [0.717, 1.165) is 29.1 Å². The Morgan fingerprint density at radius 1 is 1.27 bits per heavy atom. The highest BCUT2D eigenvalue weighted by Crippen LogP contribution is 2.22. The van der Waals surface area contributed by atoms with Crippen molar-refractivity contribution < 1.29 is 9.53 Å². The number of thioether (sulfide) groups is 1. The Kier molecular flexibility index (Phi) is 9.39. The van der Waals surface area contributed by atoms with Crippen molar-refractivity contribution in [2.24, 2.45) is 0 Å². The van der Waals surface area contributed by atoms with Gasteiger partial charge in [-0.15, -0.1) is 16.8 Å². The number of carbonyl (C=O) groups is 1. The molecule has 0 fully saturated rings. The van der Waals surface area contributed by atoms with E-state index >= 15 is 0 Å². The number of aryl methyl sites for hydroxylation is 2. The molecule has 0 spiro atoms. The fourth-order valence-corrected chi connectivity index (χ4v) is 4.35. The van der Waals surface area contributed by atoms with Crippen LogP contribution in [0.3, 0.4) is 0 Å². The monoisotopic (exact) mass is 484 g/mol. The normalized spacial score (nSPS) is 11.7. The van der Waals surface area contributed by atoms with Crippen LogP contribution in [0.4, 0.5) is 0 Å². The number of benzene rings is 2. The summed E-state index contributed by atoms with van der Waals surface area (Å²) in [6, 6.07) is 15.4. The number of aromatic nitrogens is 3. The van der Waals surface area contributed by atoms with Gasteiger partial charge in [-0.3, -0.25) is 4.79 Å². The molecule has 1 atom stereocenters. The summed E-state index contributed by atoms with van der Waals surface area (Å²) in [5.74, 6) is 1.91. The first-order valence-corrected chi connectivity index (χ1v) is 12.2. The van der Waals surface area contributed by atoms with E-state index in [1.807, 2.05) is 73.0 Å². The highest BCUT2D eigenvalue weighted by molar-refractivity contribution is 7.99. The van der Waals surface area contributed by atoms with Crippen molar-refractivity contribution in [3.8, 4) is 5.75 Å². The van der Waals surface area contributed by atoms with Gasteiger partial charge in [0, 0.05) is 18.0 Å². The Labute approximate surface area is 204 Å². The standard InChI is InChI=1S/C25H29ClN4O2S/c1-4-14-30-23(11-8-15-32-22-13-12-21(26)16-18(22)2)28-29-25(30)33-17-24(31)27-19(3)20-9-6-5-7-10-20/h4-7,9-10,12-13,16,19H,1,8,11,14-15,17H2,2-3H3,(H,27,31). The zero-order chi connectivity index (χ0) is 23.6. The number of carbonyl (C=O) groups excluding carboxylic acids is 1. The maximum absolute atomic E-state index is 12.4. The van der Waals surface area contributed by atoms with Crippen LogP contribution in [0.1, 0.15) is 36.3 Å². The van der Waals surface area contributed by atoms with E-state index in [4.69, 9.17) is 16.3 Å². The maximum Gasteiger partial charge on any atom is 0.230 e. The van der Waals surface area contributed by atoms with E-state index in [0.29, 0.717) is 29.8 Å². The van der Waals surface area contributed by atoms with E-state index in [1.54, 1.807) is 0 Å². The topological polar surface area (TPSA) is 69.0 Å². The summed E-state index contributed by atoms with van der Waals surface area (Å²) < 4.78 is 7.88. The summed E-state index contributed by atoms with van der Waals surface area (Å²) in [5, 5.41) is 13.1. The zero-order valence-electron chi connectivity index (χ0n) is 19.0. The molecule has 0 aliphatic carbocycles. The molecule has 6 nitrogen and oxygen atoms in total. The van der Waals surface area contributed by atoms with Gasteiger partial charge >= 0.3 is 0 Å². The predicted octanol–water partition coefficient (Wildman–Crippen LogP) is 5.41. The van der Waals surface area contributed by atoms with Crippen molar-refractivity contribution in [3.05, 3.63) is 83.2 Å². The lowest BCUT2D eigenvalue weighted by Gasteiger charge is -2.14. The molecule has 1 N–H and O–H groups in total. The number of allylic oxidation sites excluding steroid dienone is 1. The average molecular weight is 485 g/mol. The van der Waals surface area contributed by atoms with E-state index in [-0.39, 0.29) is 17.7 Å². The number of rotatable bonds is 12. The predicted molar refractivity (Wildman–Crippen MR) is 134 cm³/mol. The molecule has 0 aliphatic heterocycles. The lowest BCUT2D eigenvalue weighted by molar-refractivity contribution is -0.119. The molecule has 0 bridgehead atoms. The van der Waals surface area contributed by atoms with Crippen LogP contribution < -0.4 is 10.1 Å². The van der Waals surface area contributed by atoms with Gasteiger partial charge in [0.2, 0.25) is 5.91 Å². The fourth-order valence-electron chi connectivity index (χ4n) is 3.35. The van der Waals surface area contributed by atoms with Crippen LogP contribution in [-0.2, 0) is 17.8 Å². The van der Waals surface area contributed by atoms with Crippen molar-refractivity contribution >= 4 is 29.3 Å². The smallest absolute Gasteiger partial charge is 0.230 e. The number of amides is 1. The Morgan fingerprint density at radius 3 is 2.79 bits per heavy atom. The van der Waals surface area contributed by atoms with Crippen LogP contribution in [-0.4, -0.2) is 33.0 Å². The average Bonchev–Trinajstić information content (AvgIpc) is 3.18. The molecule has 1 aromatic heterocycles. The molecule has 1 unspecified atom stereocenters. The maximum atomic E-state index is 12.4. The van der Waals surface area contributed by atoms with Gasteiger partial charge < -0.3 is 14.6 Å². The molecular formula is C25H29ClN4O2S. The number of ether oxygens (including phenoxy) is 1. The summed E-state index contributed by atoms with van der Waals surface area (Å²) in [5.41, 5.74) is 2.08. The molecule has 3 rings (SSSR count). The van der Waals surface area contributed by atoms with Crippen LogP contribution in [0.15, 0.2) is 66.3 Å². The molecule has 0 saturated carbocycles. The van der Waals surface area contributed by atoms with Crippen LogP contribution in [0.25, 0.3) is 0 Å². The number of hydrogen-bond acceptors (Lipinski definition) is 5. The van der Waals surface area contributed by atoms with Crippen LogP contribution >= 0.6 is 23.4 Å². The first kappa shape index (κ1) is 24.9. The molecule has 8 heteroatoms. The third kappa shape index (κ3) is 7.37. The van der Waals surface area contributed by atoms with Crippen molar-refractivity contribution in [3.63, 3.8) is 0 Å². The van der Waals surface area contributed by atoms with Crippen molar-refractivity contribution in [1.82, 2.24) is 20.1 Å². The van der Waals surface area contributed by atoms with Crippen molar-refractivity contribution in [2.75, 3.05) is 12.4 Å². The van der Waals surface area contributed by atoms with E-state index in [1.165, 1.54) is 11.8 Å².